The molecule has 0 bridgehead atoms. The molecule has 0 aromatic rings. The highest BCUT2D eigenvalue weighted by atomic mass is 16.2. The molecule has 0 aromatic carbocycles. The molecule has 2 atom stereocenters. The Hall–Kier alpha value is -1.10. The molecule has 5 heteroatoms. The molecule has 3 amide bonds. The third-order valence-electron chi connectivity index (χ3n) is 3.62. The Morgan fingerprint density at radius 2 is 2.25 bits per heavy atom. The molecule has 2 fully saturated rings. The number of imide groups is 1. The zero-order valence-electron chi connectivity index (χ0n) is 9.88. The van der Waals surface area contributed by atoms with Gasteiger partial charge in [0.1, 0.15) is 5.54 Å². The van der Waals surface area contributed by atoms with Crippen LogP contribution in [0.5, 0.6) is 0 Å². The van der Waals surface area contributed by atoms with Crippen molar-refractivity contribution in [2.24, 2.45) is 0 Å². The van der Waals surface area contributed by atoms with Crippen molar-refractivity contribution < 1.29 is 9.59 Å². The summed E-state index contributed by atoms with van der Waals surface area (Å²) in [6.07, 6.45) is 2.80. The molecule has 5 nitrogen and oxygen atoms in total. The zero-order valence-corrected chi connectivity index (χ0v) is 9.88. The van der Waals surface area contributed by atoms with Crippen LogP contribution in [-0.4, -0.2) is 41.5 Å². The minimum absolute atomic E-state index is 0.0892. The molecule has 2 saturated heterocycles. The van der Waals surface area contributed by atoms with Crippen LogP contribution in [0.25, 0.3) is 0 Å². The summed E-state index contributed by atoms with van der Waals surface area (Å²) in [7, 11) is 0. The molecule has 2 heterocycles. The van der Waals surface area contributed by atoms with Gasteiger partial charge in [-0.25, -0.2) is 4.79 Å². The van der Waals surface area contributed by atoms with Gasteiger partial charge in [-0.15, -0.1) is 0 Å². The standard InChI is InChI=1S/C11H19N3O2/c1-3-11(2)9(15)14(10(16)13-11)7-8-5-4-6-12-8/h8,12H,3-7H2,1-2H3,(H,13,16). The molecule has 0 aromatic heterocycles. The maximum absolute atomic E-state index is 12.1. The van der Waals surface area contributed by atoms with E-state index < -0.39 is 5.54 Å². The van der Waals surface area contributed by atoms with Crippen LogP contribution in [0.15, 0.2) is 0 Å². The number of hydrogen-bond acceptors (Lipinski definition) is 3. The van der Waals surface area contributed by atoms with Crippen molar-refractivity contribution in [1.82, 2.24) is 15.5 Å². The monoisotopic (exact) mass is 225 g/mol. The fraction of sp³-hybridized carbons (Fsp3) is 0.818. The van der Waals surface area contributed by atoms with Crippen molar-refractivity contribution in [1.29, 1.82) is 0 Å². The minimum atomic E-state index is -0.699. The van der Waals surface area contributed by atoms with E-state index in [9.17, 15) is 9.59 Å². The maximum Gasteiger partial charge on any atom is 0.325 e. The maximum atomic E-state index is 12.1. The first-order chi connectivity index (χ1) is 7.57. The number of urea groups is 1. The van der Waals surface area contributed by atoms with Crippen LogP contribution in [0, 0.1) is 0 Å². The van der Waals surface area contributed by atoms with Crippen molar-refractivity contribution in [2.75, 3.05) is 13.1 Å². The van der Waals surface area contributed by atoms with E-state index in [1.54, 1.807) is 6.92 Å². The Kier molecular flexibility index (Phi) is 2.88. The van der Waals surface area contributed by atoms with Crippen LogP contribution < -0.4 is 10.6 Å². The molecule has 2 unspecified atom stereocenters. The lowest BCUT2D eigenvalue weighted by molar-refractivity contribution is -0.131. The predicted molar refractivity (Wildman–Crippen MR) is 60.0 cm³/mol. The van der Waals surface area contributed by atoms with Crippen LogP contribution in [0.3, 0.4) is 0 Å². The number of nitrogens with zero attached hydrogens (tertiary/aromatic N) is 1. The summed E-state index contributed by atoms with van der Waals surface area (Å²) in [6, 6.07) is 0.0250. The van der Waals surface area contributed by atoms with Gasteiger partial charge >= 0.3 is 6.03 Å². The summed E-state index contributed by atoms with van der Waals surface area (Å²) >= 11 is 0. The van der Waals surface area contributed by atoms with Crippen LogP contribution >= 0.6 is 0 Å². The SMILES string of the molecule is CCC1(C)NC(=O)N(CC2CCCN2)C1=O. The summed E-state index contributed by atoms with van der Waals surface area (Å²) < 4.78 is 0. The predicted octanol–water partition coefficient (Wildman–Crippen LogP) is 0.459. The molecule has 2 aliphatic heterocycles. The largest absolute Gasteiger partial charge is 0.325 e. The Balaban J connectivity index is 2.04. The number of rotatable bonds is 3. The molecule has 0 saturated carbocycles. The van der Waals surface area contributed by atoms with E-state index in [2.05, 4.69) is 10.6 Å². The van der Waals surface area contributed by atoms with Crippen LogP contribution in [0.4, 0.5) is 4.79 Å². The lowest BCUT2D eigenvalue weighted by atomic mass is 9.99. The number of hydrogen-bond donors (Lipinski definition) is 2. The van der Waals surface area contributed by atoms with Gasteiger partial charge in [-0.3, -0.25) is 9.69 Å². The first-order valence-corrected chi connectivity index (χ1v) is 5.94. The van der Waals surface area contributed by atoms with Crippen LogP contribution in [-0.2, 0) is 4.79 Å². The third-order valence-corrected chi connectivity index (χ3v) is 3.62. The molecular formula is C11H19N3O2. The molecule has 16 heavy (non-hydrogen) atoms. The number of carbonyl (C=O) groups excluding carboxylic acids is 2. The van der Waals surface area contributed by atoms with Crippen molar-refractivity contribution in [3.05, 3.63) is 0 Å². The number of nitrogens with one attached hydrogen (secondary N) is 2. The van der Waals surface area contributed by atoms with Crippen molar-refractivity contribution in [3.63, 3.8) is 0 Å². The lowest BCUT2D eigenvalue weighted by Gasteiger charge is -2.21. The first kappa shape index (κ1) is 11.4. The second-order valence-corrected chi connectivity index (χ2v) is 4.82. The van der Waals surface area contributed by atoms with Gasteiger partial charge in [0.15, 0.2) is 0 Å². The van der Waals surface area contributed by atoms with E-state index in [1.165, 1.54) is 4.90 Å². The van der Waals surface area contributed by atoms with Gasteiger partial charge in [0.05, 0.1) is 0 Å². The normalized spacial score (nSPS) is 34.6. The average Bonchev–Trinajstić information content (AvgIpc) is 2.83. The Labute approximate surface area is 95.6 Å². The summed E-state index contributed by atoms with van der Waals surface area (Å²) in [4.78, 5) is 25.1. The van der Waals surface area contributed by atoms with Crippen LogP contribution in [0.2, 0.25) is 0 Å². The molecule has 90 valence electrons. The van der Waals surface area contributed by atoms with Gasteiger partial charge in [0.2, 0.25) is 0 Å². The van der Waals surface area contributed by atoms with Crippen molar-refractivity contribution in [3.8, 4) is 0 Å². The Morgan fingerprint density at radius 3 is 2.75 bits per heavy atom. The van der Waals surface area contributed by atoms with E-state index in [0.717, 1.165) is 19.4 Å². The van der Waals surface area contributed by atoms with Crippen molar-refractivity contribution >= 4 is 11.9 Å². The van der Waals surface area contributed by atoms with Gasteiger partial charge in [-0.05, 0) is 32.7 Å². The van der Waals surface area contributed by atoms with Crippen LogP contribution in [0.1, 0.15) is 33.1 Å². The van der Waals surface area contributed by atoms with E-state index in [0.29, 0.717) is 13.0 Å². The third kappa shape index (κ3) is 1.80. The number of amides is 3. The average molecular weight is 225 g/mol. The zero-order chi connectivity index (χ0) is 11.8. The summed E-state index contributed by atoms with van der Waals surface area (Å²) in [5, 5.41) is 6.06. The highest BCUT2D eigenvalue weighted by Gasteiger charge is 2.46. The highest BCUT2D eigenvalue weighted by molar-refractivity contribution is 6.06. The van der Waals surface area contributed by atoms with Gasteiger partial charge < -0.3 is 10.6 Å². The lowest BCUT2D eigenvalue weighted by Crippen LogP contribution is -2.44. The minimum Gasteiger partial charge on any atom is -0.323 e. The van der Waals surface area contributed by atoms with E-state index in [4.69, 9.17) is 0 Å². The van der Waals surface area contributed by atoms with Gasteiger partial charge in [-0.1, -0.05) is 6.92 Å². The molecular weight excluding hydrogens is 206 g/mol. The second kappa shape index (κ2) is 4.05. The molecule has 0 spiro atoms. The highest BCUT2D eigenvalue weighted by Crippen LogP contribution is 2.21. The summed E-state index contributed by atoms with van der Waals surface area (Å²) in [5.41, 5.74) is -0.699. The number of carbonyl (C=O) groups is 2. The summed E-state index contributed by atoms with van der Waals surface area (Å²) in [6.45, 7) is 5.18. The summed E-state index contributed by atoms with van der Waals surface area (Å²) in [5.74, 6) is -0.0892. The van der Waals surface area contributed by atoms with Gasteiger partial charge in [0, 0.05) is 12.6 Å². The van der Waals surface area contributed by atoms with Gasteiger partial charge in [-0.2, -0.15) is 0 Å². The topological polar surface area (TPSA) is 61.4 Å². The molecule has 0 aliphatic carbocycles. The molecule has 2 rings (SSSR count). The van der Waals surface area contributed by atoms with Gasteiger partial charge in [0.25, 0.3) is 5.91 Å². The van der Waals surface area contributed by atoms with E-state index in [1.807, 2.05) is 6.92 Å². The fourth-order valence-corrected chi connectivity index (χ4v) is 2.29. The molecule has 0 radical (unpaired) electrons. The van der Waals surface area contributed by atoms with E-state index >= 15 is 0 Å². The van der Waals surface area contributed by atoms with Crippen molar-refractivity contribution in [2.45, 2.75) is 44.7 Å². The second-order valence-electron chi connectivity index (χ2n) is 4.82. The Bertz CT molecular complexity index is 312. The quantitative estimate of drug-likeness (QED) is 0.686. The smallest absolute Gasteiger partial charge is 0.323 e. The molecule has 2 aliphatic rings. The Morgan fingerprint density at radius 1 is 1.50 bits per heavy atom. The fourth-order valence-electron chi connectivity index (χ4n) is 2.29. The molecule has 2 N–H and O–H groups in total. The van der Waals surface area contributed by atoms with E-state index in [-0.39, 0.29) is 18.0 Å². The first-order valence-electron chi connectivity index (χ1n) is 5.94.